The van der Waals surface area contributed by atoms with Crippen LogP contribution in [-0.4, -0.2) is 39.6 Å². The van der Waals surface area contributed by atoms with Crippen molar-refractivity contribution < 1.29 is 19.5 Å². The molecule has 5 nitrogen and oxygen atoms in total. The third-order valence-electron chi connectivity index (χ3n) is 2.27. The number of aliphatic carboxylic acids is 1. The Labute approximate surface area is 83.8 Å². The highest BCUT2D eigenvalue weighted by atomic mass is 32.2. The lowest BCUT2D eigenvalue weighted by Gasteiger charge is -2.45. The number of nitrogens with zero attached hydrogens (tertiary/aromatic N) is 1. The quantitative estimate of drug-likeness (QED) is 0.509. The molecule has 2 aliphatic rings. The van der Waals surface area contributed by atoms with Gasteiger partial charge in [0, 0.05) is 5.57 Å². The maximum Gasteiger partial charge on any atom is 0.331 e. The molecule has 0 aliphatic carbocycles. The van der Waals surface area contributed by atoms with Crippen LogP contribution in [0.2, 0.25) is 0 Å². The summed E-state index contributed by atoms with van der Waals surface area (Å²) in [5, 5.41) is 10.3. The molecule has 1 amide bonds. The number of rotatable bonds is 2. The molecule has 0 radical (unpaired) electrons. The number of carbonyl (C=O) groups is 3. The van der Waals surface area contributed by atoms with E-state index in [1.807, 2.05) is 0 Å². The Morgan fingerprint density at radius 3 is 2.93 bits per heavy atom. The molecule has 0 aromatic carbocycles. The molecule has 2 heterocycles. The number of amides is 1. The third kappa shape index (κ3) is 1.14. The minimum absolute atomic E-state index is 0.104. The van der Waals surface area contributed by atoms with Crippen LogP contribution in [0.4, 0.5) is 0 Å². The number of hydrogen-bond acceptors (Lipinski definition) is 4. The van der Waals surface area contributed by atoms with Crippen LogP contribution in [0.3, 0.4) is 0 Å². The lowest BCUT2D eigenvalue weighted by Crippen LogP contribution is -2.60. The van der Waals surface area contributed by atoms with E-state index in [9.17, 15) is 14.4 Å². The largest absolute Gasteiger partial charge is 0.479 e. The third-order valence-corrected chi connectivity index (χ3v) is 3.39. The number of carboxylic acid groups (broad SMARTS) is 1. The van der Waals surface area contributed by atoms with Crippen LogP contribution >= 0.6 is 11.8 Å². The average Bonchev–Trinajstić information content (AvgIpc) is 2.15. The number of aldehydes is 1. The predicted molar refractivity (Wildman–Crippen MR) is 48.4 cm³/mol. The minimum atomic E-state index is -1.15. The van der Waals surface area contributed by atoms with Gasteiger partial charge in [0.2, 0.25) is 5.91 Å². The van der Waals surface area contributed by atoms with Gasteiger partial charge in [-0.1, -0.05) is 0 Å². The molecule has 0 bridgehead atoms. The smallest absolute Gasteiger partial charge is 0.331 e. The Kier molecular flexibility index (Phi) is 2.07. The van der Waals surface area contributed by atoms with E-state index in [-0.39, 0.29) is 16.9 Å². The van der Waals surface area contributed by atoms with E-state index in [1.54, 1.807) is 0 Å². The number of β-lactam (4-membered cyclic amide) rings is 1. The van der Waals surface area contributed by atoms with Gasteiger partial charge >= 0.3 is 5.97 Å². The minimum Gasteiger partial charge on any atom is -0.479 e. The molecular formula is C8H7NO4S. The lowest BCUT2D eigenvalue weighted by atomic mass is 10.0. The zero-order chi connectivity index (χ0) is 10.3. The van der Waals surface area contributed by atoms with Crippen molar-refractivity contribution in [1.29, 1.82) is 0 Å². The van der Waals surface area contributed by atoms with E-state index < -0.39 is 12.0 Å². The molecule has 1 unspecified atom stereocenters. The summed E-state index contributed by atoms with van der Waals surface area (Å²) >= 11 is 1.32. The highest BCUT2D eigenvalue weighted by Crippen LogP contribution is 2.38. The number of carboxylic acids is 1. The van der Waals surface area contributed by atoms with Gasteiger partial charge in [-0.3, -0.25) is 9.59 Å². The van der Waals surface area contributed by atoms with Crippen LogP contribution in [0.15, 0.2) is 11.0 Å². The number of hydrogen-bond donors (Lipinski definition) is 1. The molecule has 74 valence electrons. The average molecular weight is 213 g/mol. The molecule has 2 atom stereocenters. The Hall–Kier alpha value is -1.30. The van der Waals surface area contributed by atoms with Crippen LogP contribution in [0.1, 0.15) is 6.42 Å². The van der Waals surface area contributed by atoms with E-state index in [0.29, 0.717) is 12.7 Å². The normalized spacial score (nSPS) is 30.1. The van der Waals surface area contributed by atoms with Crippen molar-refractivity contribution in [1.82, 2.24) is 4.90 Å². The summed E-state index contributed by atoms with van der Waals surface area (Å²) in [6.07, 6.45) is 0.852. The first-order valence-electron chi connectivity index (χ1n) is 4.00. The van der Waals surface area contributed by atoms with Gasteiger partial charge in [-0.05, 0) is 5.41 Å². The molecule has 1 saturated heterocycles. The second-order valence-corrected chi connectivity index (χ2v) is 4.12. The van der Waals surface area contributed by atoms with Gasteiger partial charge in [0.25, 0.3) is 0 Å². The van der Waals surface area contributed by atoms with Crippen LogP contribution in [0.5, 0.6) is 0 Å². The first-order valence-corrected chi connectivity index (χ1v) is 4.94. The van der Waals surface area contributed by atoms with Crippen molar-refractivity contribution in [2.45, 2.75) is 17.8 Å². The van der Waals surface area contributed by atoms with Crippen molar-refractivity contribution in [3.05, 3.63) is 11.0 Å². The molecule has 0 aromatic heterocycles. The van der Waals surface area contributed by atoms with Crippen molar-refractivity contribution in [2.75, 3.05) is 0 Å². The molecule has 0 aromatic rings. The van der Waals surface area contributed by atoms with Crippen LogP contribution < -0.4 is 0 Å². The maximum atomic E-state index is 11.1. The molecule has 2 rings (SSSR count). The fourth-order valence-electron chi connectivity index (χ4n) is 1.56. The van der Waals surface area contributed by atoms with E-state index >= 15 is 0 Å². The Morgan fingerprint density at radius 1 is 1.71 bits per heavy atom. The SMILES string of the molecule is O=CC1=CS[C@@H]2CC(=O)N2C1C(=O)O. The molecule has 0 spiro atoms. The zero-order valence-corrected chi connectivity index (χ0v) is 7.86. The highest BCUT2D eigenvalue weighted by molar-refractivity contribution is 8.02. The molecule has 1 fully saturated rings. The first-order chi connectivity index (χ1) is 6.65. The van der Waals surface area contributed by atoms with Gasteiger partial charge in [-0.2, -0.15) is 0 Å². The molecule has 1 N–H and O–H groups in total. The highest BCUT2D eigenvalue weighted by Gasteiger charge is 2.47. The Bertz CT molecular complexity index is 351. The summed E-state index contributed by atoms with van der Waals surface area (Å²) in [6.45, 7) is 0. The van der Waals surface area contributed by atoms with Gasteiger partial charge in [-0.25, -0.2) is 4.79 Å². The van der Waals surface area contributed by atoms with E-state index in [1.165, 1.54) is 22.1 Å². The number of thioether (sulfide) groups is 1. The monoisotopic (exact) mass is 213 g/mol. The predicted octanol–water partition coefficient (Wildman–Crippen LogP) is -0.172. The Morgan fingerprint density at radius 2 is 2.43 bits per heavy atom. The van der Waals surface area contributed by atoms with Crippen LogP contribution in [0.25, 0.3) is 0 Å². The second-order valence-electron chi connectivity index (χ2n) is 3.07. The van der Waals surface area contributed by atoms with Crippen molar-refractivity contribution in [3.63, 3.8) is 0 Å². The number of carbonyl (C=O) groups excluding carboxylic acids is 2. The van der Waals surface area contributed by atoms with E-state index in [4.69, 9.17) is 5.11 Å². The summed E-state index contributed by atoms with van der Waals surface area (Å²) in [7, 11) is 0. The zero-order valence-electron chi connectivity index (χ0n) is 7.04. The van der Waals surface area contributed by atoms with E-state index in [0.717, 1.165) is 0 Å². The summed E-state index contributed by atoms with van der Waals surface area (Å²) in [6, 6.07) is -1.08. The van der Waals surface area contributed by atoms with Gasteiger partial charge in [-0.15, -0.1) is 11.8 Å². The van der Waals surface area contributed by atoms with Crippen molar-refractivity contribution >= 4 is 29.9 Å². The molecule has 6 heteroatoms. The van der Waals surface area contributed by atoms with Crippen LogP contribution in [-0.2, 0) is 14.4 Å². The molecule has 0 saturated carbocycles. The lowest BCUT2D eigenvalue weighted by molar-refractivity contribution is -0.156. The van der Waals surface area contributed by atoms with E-state index in [2.05, 4.69) is 0 Å². The summed E-state index contributed by atoms with van der Waals surface area (Å²) in [5.74, 6) is -1.36. The molecule has 2 aliphatic heterocycles. The second kappa shape index (κ2) is 3.13. The first kappa shape index (κ1) is 9.26. The Balaban J connectivity index is 2.33. The summed E-state index contributed by atoms with van der Waals surface area (Å²) < 4.78 is 0. The summed E-state index contributed by atoms with van der Waals surface area (Å²) in [5.41, 5.74) is 0.145. The van der Waals surface area contributed by atoms with Crippen molar-refractivity contribution in [2.24, 2.45) is 0 Å². The maximum absolute atomic E-state index is 11.1. The fourth-order valence-corrected chi connectivity index (χ4v) is 2.67. The van der Waals surface area contributed by atoms with Gasteiger partial charge in [0.05, 0.1) is 11.8 Å². The molecule has 14 heavy (non-hydrogen) atoms. The molecular weight excluding hydrogens is 206 g/mol. The van der Waals surface area contributed by atoms with Gasteiger partial charge < -0.3 is 10.0 Å². The summed E-state index contributed by atoms with van der Waals surface area (Å²) in [4.78, 5) is 33.8. The van der Waals surface area contributed by atoms with Crippen LogP contribution in [0, 0.1) is 0 Å². The van der Waals surface area contributed by atoms with Gasteiger partial charge in [0.15, 0.2) is 6.04 Å². The van der Waals surface area contributed by atoms with Gasteiger partial charge in [0.1, 0.15) is 6.29 Å². The topological polar surface area (TPSA) is 74.7 Å². The number of fused-ring (bicyclic) bond motifs is 1. The fraction of sp³-hybridized carbons (Fsp3) is 0.375. The standard InChI is InChI=1S/C8H7NO4S/c10-2-4-3-14-6-1-5(11)9(6)7(4)8(12)13/h2-3,6-7H,1H2,(H,12,13)/t6-,7?/m1/s1. The van der Waals surface area contributed by atoms with Crippen molar-refractivity contribution in [3.8, 4) is 0 Å².